The second kappa shape index (κ2) is 6.77. The fourth-order valence-electron chi connectivity index (χ4n) is 2.36. The molecule has 4 nitrogen and oxygen atoms in total. The van der Waals surface area contributed by atoms with Crippen LogP contribution >= 0.6 is 11.6 Å². The van der Waals surface area contributed by atoms with E-state index in [4.69, 9.17) is 16.4 Å². The van der Waals surface area contributed by atoms with E-state index in [1.54, 1.807) is 19.1 Å². The summed E-state index contributed by atoms with van der Waals surface area (Å²) in [6.45, 7) is 2.20. The lowest BCUT2D eigenvalue weighted by Gasteiger charge is -2.11. The van der Waals surface area contributed by atoms with Gasteiger partial charge in [0.1, 0.15) is 0 Å². The van der Waals surface area contributed by atoms with Crippen molar-refractivity contribution in [2.24, 2.45) is 0 Å². The molecule has 1 amide bonds. The summed E-state index contributed by atoms with van der Waals surface area (Å²) in [5.74, 6) is -0.307. The van der Waals surface area contributed by atoms with Crippen molar-refractivity contribution in [3.63, 3.8) is 0 Å². The number of benzene rings is 2. The molecule has 0 spiro atoms. The first-order valence-electron chi connectivity index (χ1n) is 7.27. The predicted octanol–water partition coefficient (Wildman–Crippen LogP) is 4.24. The molecule has 0 fully saturated rings. The first-order chi connectivity index (χ1) is 11.2. The third-order valence-corrected chi connectivity index (χ3v) is 3.75. The number of hydrogen-bond acceptors (Lipinski definition) is 3. The first kappa shape index (κ1) is 15.5. The van der Waals surface area contributed by atoms with Crippen molar-refractivity contribution in [2.75, 3.05) is 6.61 Å². The van der Waals surface area contributed by atoms with Gasteiger partial charge in [-0.25, -0.2) is 10.5 Å². The Labute approximate surface area is 139 Å². The summed E-state index contributed by atoms with van der Waals surface area (Å²) in [6.07, 6.45) is 0. The zero-order chi connectivity index (χ0) is 16.2. The number of pyridine rings is 1. The Morgan fingerprint density at radius 3 is 2.70 bits per heavy atom. The number of hydroxylamine groups is 1. The van der Waals surface area contributed by atoms with Gasteiger partial charge in [0.05, 0.1) is 23.4 Å². The van der Waals surface area contributed by atoms with Crippen LogP contribution in [-0.2, 0) is 4.84 Å². The van der Waals surface area contributed by atoms with Crippen molar-refractivity contribution in [1.29, 1.82) is 0 Å². The quantitative estimate of drug-likeness (QED) is 0.730. The molecule has 1 N–H and O–H groups in total. The minimum Gasteiger partial charge on any atom is -0.274 e. The van der Waals surface area contributed by atoms with E-state index >= 15 is 0 Å². The third-order valence-electron chi connectivity index (χ3n) is 3.42. The molecule has 116 valence electrons. The SMILES string of the molecule is CCONC(=O)c1cc(-c2ccccc2Cl)nc2ccccc12. The van der Waals surface area contributed by atoms with Gasteiger partial charge < -0.3 is 0 Å². The minimum atomic E-state index is -0.307. The molecule has 5 heteroatoms. The first-order valence-corrected chi connectivity index (χ1v) is 7.65. The lowest BCUT2D eigenvalue weighted by molar-refractivity contribution is 0.0366. The topological polar surface area (TPSA) is 51.2 Å². The van der Waals surface area contributed by atoms with E-state index < -0.39 is 0 Å². The molecule has 0 aliphatic heterocycles. The van der Waals surface area contributed by atoms with Gasteiger partial charge in [-0.3, -0.25) is 9.63 Å². The molecule has 0 saturated heterocycles. The van der Waals surface area contributed by atoms with E-state index in [1.165, 1.54) is 0 Å². The van der Waals surface area contributed by atoms with Crippen LogP contribution in [0.4, 0.5) is 0 Å². The zero-order valence-corrected chi connectivity index (χ0v) is 13.3. The molecule has 1 heterocycles. The number of fused-ring (bicyclic) bond motifs is 1. The van der Waals surface area contributed by atoms with Gasteiger partial charge in [0.2, 0.25) is 0 Å². The molecule has 0 bridgehead atoms. The maximum Gasteiger partial charge on any atom is 0.275 e. The Morgan fingerprint density at radius 1 is 1.17 bits per heavy atom. The summed E-state index contributed by atoms with van der Waals surface area (Å²) in [6, 6.07) is 16.6. The number of hydrogen-bond donors (Lipinski definition) is 1. The molecule has 0 aliphatic rings. The second-order valence-electron chi connectivity index (χ2n) is 4.92. The van der Waals surface area contributed by atoms with Gasteiger partial charge >= 0.3 is 0 Å². The number of para-hydroxylation sites is 1. The Bertz CT molecular complexity index is 865. The van der Waals surface area contributed by atoms with E-state index in [2.05, 4.69) is 10.5 Å². The monoisotopic (exact) mass is 326 g/mol. The number of amides is 1. The van der Waals surface area contributed by atoms with Crippen LogP contribution in [-0.4, -0.2) is 17.5 Å². The van der Waals surface area contributed by atoms with Crippen LogP contribution in [0.1, 0.15) is 17.3 Å². The third kappa shape index (κ3) is 3.18. The average molecular weight is 327 g/mol. The molecular weight excluding hydrogens is 312 g/mol. The van der Waals surface area contributed by atoms with Crippen molar-refractivity contribution < 1.29 is 9.63 Å². The summed E-state index contributed by atoms with van der Waals surface area (Å²) < 4.78 is 0. The Kier molecular flexibility index (Phi) is 4.55. The van der Waals surface area contributed by atoms with E-state index in [0.29, 0.717) is 22.9 Å². The highest BCUT2D eigenvalue weighted by molar-refractivity contribution is 6.33. The summed E-state index contributed by atoms with van der Waals surface area (Å²) >= 11 is 6.26. The zero-order valence-electron chi connectivity index (χ0n) is 12.5. The molecule has 0 aliphatic carbocycles. The summed E-state index contributed by atoms with van der Waals surface area (Å²) in [5, 5.41) is 1.35. The Morgan fingerprint density at radius 2 is 1.91 bits per heavy atom. The van der Waals surface area contributed by atoms with Crippen LogP contribution in [0.5, 0.6) is 0 Å². The van der Waals surface area contributed by atoms with Crippen LogP contribution in [0.15, 0.2) is 54.6 Å². The summed E-state index contributed by atoms with van der Waals surface area (Å²) in [7, 11) is 0. The lowest BCUT2D eigenvalue weighted by atomic mass is 10.0. The highest BCUT2D eigenvalue weighted by Crippen LogP contribution is 2.29. The normalized spacial score (nSPS) is 10.7. The van der Waals surface area contributed by atoms with E-state index in [0.717, 1.165) is 16.5 Å². The number of nitrogens with one attached hydrogen (secondary N) is 1. The van der Waals surface area contributed by atoms with Crippen LogP contribution in [0, 0.1) is 0 Å². The number of aromatic nitrogens is 1. The van der Waals surface area contributed by atoms with Crippen molar-refractivity contribution >= 4 is 28.4 Å². The smallest absolute Gasteiger partial charge is 0.274 e. The van der Waals surface area contributed by atoms with E-state index in [9.17, 15) is 4.79 Å². The van der Waals surface area contributed by atoms with E-state index in [-0.39, 0.29) is 5.91 Å². The number of carbonyl (C=O) groups excluding carboxylic acids is 1. The second-order valence-corrected chi connectivity index (χ2v) is 5.32. The van der Waals surface area contributed by atoms with Gasteiger partial charge in [-0.15, -0.1) is 0 Å². The lowest BCUT2D eigenvalue weighted by Crippen LogP contribution is -2.24. The highest BCUT2D eigenvalue weighted by atomic mass is 35.5. The van der Waals surface area contributed by atoms with Gasteiger partial charge in [0, 0.05) is 16.0 Å². The molecule has 3 aromatic rings. The van der Waals surface area contributed by atoms with Crippen LogP contribution in [0.25, 0.3) is 22.2 Å². The van der Waals surface area contributed by atoms with Crippen molar-refractivity contribution in [3.05, 3.63) is 65.2 Å². The molecule has 0 saturated carbocycles. The average Bonchev–Trinajstić information content (AvgIpc) is 2.59. The molecule has 2 aromatic carbocycles. The predicted molar refractivity (Wildman–Crippen MR) is 91.3 cm³/mol. The van der Waals surface area contributed by atoms with Gasteiger partial charge in [-0.2, -0.15) is 0 Å². The maximum atomic E-state index is 12.4. The Balaban J connectivity index is 2.18. The minimum absolute atomic E-state index is 0.307. The van der Waals surface area contributed by atoms with Crippen LogP contribution < -0.4 is 5.48 Å². The molecule has 0 radical (unpaired) electrons. The number of carbonyl (C=O) groups is 1. The van der Waals surface area contributed by atoms with Crippen molar-refractivity contribution in [1.82, 2.24) is 10.5 Å². The van der Waals surface area contributed by atoms with Crippen molar-refractivity contribution in [2.45, 2.75) is 6.92 Å². The van der Waals surface area contributed by atoms with Gasteiger partial charge in [-0.1, -0.05) is 48.0 Å². The van der Waals surface area contributed by atoms with Gasteiger partial charge in [-0.05, 0) is 25.1 Å². The number of rotatable bonds is 4. The summed E-state index contributed by atoms with van der Waals surface area (Å²) in [4.78, 5) is 22.0. The Hall–Kier alpha value is -2.43. The summed E-state index contributed by atoms with van der Waals surface area (Å²) in [5.41, 5.74) is 5.09. The largest absolute Gasteiger partial charge is 0.275 e. The molecule has 0 unspecified atom stereocenters. The van der Waals surface area contributed by atoms with Gasteiger partial charge in [0.15, 0.2) is 0 Å². The number of halogens is 1. The van der Waals surface area contributed by atoms with Crippen molar-refractivity contribution in [3.8, 4) is 11.3 Å². The maximum absolute atomic E-state index is 12.4. The highest BCUT2D eigenvalue weighted by Gasteiger charge is 2.15. The van der Waals surface area contributed by atoms with Crippen LogP contribution in [0.3, 0.4) is 0 Å². The van der Waals surface area contributed by atoms with E-state index in [1.807, 2.05) is 42.5 Å². The molecule has 23 heavy (non-hydrogen) atoms. The molecular formula is C18H15ClN2O2. The number of nitrogens with zero attached hydrogens (tertiary/aromatic N) is 1. The standard InChI is InChI=1S/C18H15ClN2O2/c1-2-23-21-18(22)14-11-17(13-8-3-5-9-15(13)19)20-16-10-6-4-7-12(14)16/h3-11H,2H2,1H3,(H,21,22). The fourth-order valence-corrected chi connectivity index (χ4v) is 2.60. The fraction of sp³-hybridized carbons (Fsp3) is 0.111. The molecule has 1 aromatic heterocycles. The van der Waals surface area contributed by atoms with Gasteiger partial charge in [0.25, 0.3) is 5.91 Å². The molecule has 3 rings (SSSR count). The molecule has 0 atom stereocenters. The van der Waals surface area contributed by atoms with Crippen LogP contribution in [0.2, 0.25) is 5.02 Å².